The highest BCUT2D eigenvalue weighted by molar-refractivity contribution is 5.97. The van der Waals surface area contributed by atoms with E-state index in [2.05, 4.69) is 0 Å². The van der Waals surface area contributed by atoms with Gasteiger partial charge in [-0.3, -0.25) is 9.69 Å². The van der Waals surface area contributed by atoms with Crippen LogP contribution in [0.1, 0.15) is 10.4 Å². The predicted octanol–water partition coefficient (Wildman–Crippen LogP) is 0.841. The van der Waals surface area contributed by atoms with Crippen molar-refractivity contribution in [2.75, 3.05) is 32.8 Å². The lowest BCUT2D eigenvalue weighted by Gasteiger charge is -2.31. The standard InChI is InChI=1S/C13H15F2NO3/c14-11-2-1-9(5-12(11)15)13(18)7-16-3-4-19-10(6-16)8-17/h1-2,5,10,17H,3-4,6-8H2. The van der Waals surface area contributed by atoms with Gasteiger partial charge in [0.1, 0.15) is 0 Å². The van der Waals surface area contributed by atoms with Crippen LogP contribution in [-0.4, -0.2) is 54.7 Å². The van der Waals surface area contributed by atoms with Crippen molar-refractivity contribution in [3.05, 3.63) is 35.4 Å². The molecule has 1 heterocycles. The van der Waals surface area contributed by atoms with Crippen molar-refractivity contribution in [1.29, 1.82) is 0 Å². The molecule has 1 aromatic carbocycles. The van der Waals surface area contributed by atoms with Gasteiger partial charge in [0, 0.05) is 18.7 Å². The molecule has 104 valence electrons. The van der Waals surface area contributed by atoms with E-state index >= 15 is 0 Å². The number of carbonyl (C=O) groups is 1. The highest BCUT2D eigenvalue weighted by atomic mass is 19.2. The molecule has 0 saturated carbocycles. The second-order valence-electron chi connectivity index (χ2n) is 4.46. The first-order valence-corrected chi connectivity index (χ1v) is 6.03. The quantitative estimate of drug-likeness (QED) is 0.825. The zero-order valence-electron chi connectivity index (χ0n) is 10.3. The maximum Gasteiger partial charge on any atom is 0.176 e. The number of ether oxygens (including phenoxy) is 1. The fourth-order valence-electron chi connectivity index (χ4n) is 2.00. The SMILES string of the molecule is O=C(CN1CCOC(CO)C1)c1ccc(F)c(F)c1. The number of aliphatic hydroxyl groups excluding tert-OH is 1. The third-order valence-electron chi connectivity index (χ3n) is 3.04. The number of carbonyl (C=O) groups excluding carboxylic acids is 1. The fourth-order valence-corrected chi connectivity index (χ4v) is 2.00. The number of benzene rings is 1. The van der Waals surface area contributed by atoms with Gasteiger partial charge in [-0.05, 0) is 18.2 Å². The van der Waals surface area contributed by atoms with Crippen LogP contribution in [0.25, 0.3) is 0 Å². The Morgan fingerprint density at radius 3 is 2.89 bits per heavy atom. The van der Waals surface area contributed by atoms with Crippen molar-refractivity contribution in [2.45, 2.75) is 6.10 Å². The van der Waals surface area contributed by atoms with Gasteiger partial charge in [-0.25, -0.2) is 8.78 Å². The van der Waals surface area contributed by atoms with E-state index in [4.69, 9.17) is 9.84 Å². The van der Waals surface area contributed by atoms with E-state index in [9.17, 15) is 13.6 Å². The first-order valence-electron chi connectivity index (χ1n) is 6.03. The summed E-state index contributed by atoms with van der Waals surface area (Å²) in [6.45, 7) is 1.47. The molecule has 1 atom stereocenters. The summed E-state index contributed by atoms with van der Waals surface area (Å²) in [5, 5.41) is 9.00. The maximum atomic E-state index is 13.0. The molecular formula is C13H15F2NO3. The van der Waals surface area contributed by atoms with Crippen LogP contribution in [0.15, 0.2) is 18.2 Å². The molecule has 1 aromatic rings. The second kappa shape index (κ2) is 6.18. The lowest BCUT2D eigenvalue weighted by Crippen LogP contribution is -2.45. The molecule has 19 heavy (non-hydrogen) atoms. The van der Waals surface area contributed by atoms with Crippen molar-refractivity contribution >= 4 is 5.78 Å². The summed E-state index contributed by atoms with van der Waals surface area (Å²) in [5.74, 6) is -2.28. The minimum atomic E-state index is -1.03. The van der Waals surface area contributed by atoms with Gasteiger partial charge in [-0.2, -0.15) is 0 Å². The van der Waals surface area contributed by atoms with Crippen LogP contribution in [0.5, 0.6) is 0 Å². The first kappa shape index (κ1) is 14.0. The van der Waals surface area contributed by atoms with E-state index in [0.717, 1.165) is 12.1 Å². The number of morpholine rings is 1. The van der Waals surface area contributed by atoms with Crippen molar-refractivity contribution < 1.29 is 23.4 Å². The fraction of sp³-hybridized carbons (Fsp3) is 0.462. The Kier molecular flexibility index (Phi) is 4.57. The zero-order valence-corrected chi connectivity index (χ0v) is 10.3. The van der Waals surface area contributed by atoms with Gasteiger partial charge in [0.25, 0.3) is 0 Å². The molecule has 6 heteroatoms. The number of hydrogen-bond donors (Lipinski definition) is 1. The normalized spacial score (nSPS) is 20.5. The van der Waals surface area contributed by atoms with E-state index < -0.39 is 11.6 Å². The molecule has 1 fully saturated rings. The molecule has 1 aliphatic rings. The third-order valence-corrected chi connectivity index (χ3v) is 3.04. The minimum Gasteiger partial charge on any atom is -0.394 e. The van der Waals surface area contributed by atoms with Gasteiger partial charge < -0.3 is 9.84 Å². The van der Waals surface area contributed by atoms with Crippen LogP contribution in [0.4, 0.5) is 8.78 Å². The monoisotopic (exact) mass is 271 g/mol. The number of aliphatic hydroxyl groups is 1. The summed E-state index contributed by atoms with van der Waals surface area (Å²) in [6, 6.07) is 3.12. The van der Waals surface area contributed by atoms with Crippen LogP contribution in [0.3, 0.4) is 0 Å². The Labute approximate surface area is 109 Å². The molecule has 0 aliphatic carbocycles. The number of nitrogens with zero attached hydrogens (tertiary/aromatic N) is 1. The molecule has 1 unspecified atom stereocenters. The van der Waals surface area contributed by atoms with Crippen molar-refractivity contribution in [2.24, 2.45) is 0 Å². The molecule has 0 spiro atoms. The Morgan fingerprint density at radius 1 is 1.42 bits per heavy atom. The van der Waals surface area contributed by atoms with Crippen LogP contribution in [-0.2, 0) is 4.74 Å². The van der Waals surface area contributed by atoms with E-state index in [1.54, 1.807) is 0 Å². The third kappa shape index (κ3) is 3.56. The Morgan fingerprint density at radius 2 is 2.21 bits per heavy atom. The molecule has 1 N–H and O–H groups in total. The predicted molar refractivity (Wildman–Crippen MR) is 64.0 cm³/mol. The van der Waals surface area contributed by atoms with Crippen molar-refractivity contribution in [3.8, 4) is 0 Å². The number of hydrogen-bond acceptors (Lipinski definition) is 4. The van der Waals surface area contributed by atoms with Gasteiger partial charge in [0.15, 0.2) is 17.4 Å². The topological polar surface area (TPSA) is 49.8 Å². The van der Waals surface area contributed by atoms with Gasteiger partial charge >= 0.3 is 0 Å². The summed E-state index contributed by atoms with van der Waals surface area (Å²) < 4.78 is 31.1. The molecule has 2 rings (SSSR count). The van der Waals surface area contributed by atoms with Gasteiger partial charge in [-0.15, -0.1) is 0 Å². The van der Waals surface area contributed by atoms with Gasteiger partial charge in [-0.1, -0.05) is 0 Å². The maximum absolute atomic E-state index is 13.0. The van der Waals surface area contributed by atoms with E-state index in [-0.39, 0.29) is 30.6 Å². The van der Waals surface area contributed by atoms with Gasteiger partial charge in [0.2, 0.25) is 0 Å². The highest BCUT2D eigenvalue weighted by Gasteiger charge is 2.22. The zero-order chi connectivity index (χ0) is 13.8. The van der Waals surface area contributed by atoms with Crippen LogP contribution < -0.4 is 0 Å². The molecule has 1 aliphatic heterocycles. The lowest BCUT2D eigenvalue weighted by molar-refractivity contribution is -0.0503. The number of halogens is 2. The molecule has 4 nitrogen and oxygen atoms in total. The molecule has 0 aromatic heterocycles. The smallest absolute Gasteiger partial charge is 0.176 e. The van der Waals surface area contributed by atoms with E-state index in [1.807, 2.05) is 4.90 Å². The molecule has 0 amide bonds. The van der Waals surface area contributed by atoms with E-state index in [0.29, 0.717) is 19.7 Å². The molecular weight excluding hydrogens is 256 g/mol. The largest absolute Gasteiger partial charge is 0.394 e. The molecule has 0 bridgehead atoms. The van der Waals surface area contributed by atoms with Crippen LogP contribution in [0, 0.1) is 11.6 Å². The Hall–Kier alpha value is -1.37. The van der Waals surface area contributed by atoms with Crippen molar-refractivity contribution in [1.82, 2.24) is 4.90 Å². The Balaban J connectivity index is 1.98. The van der Waals surface area contributed by atoms with Crippen LogP contribution in [0.2, 0.25) is 0 Å². The summed E-state index contributed by atoms with van der Waals surface area (Å²) >= 11 is 0. The van der Waals surface area contributed by atoms with Gasteiger partial charge in [0.05, 0.1) is 25.9 Å². The number of Topliss-reactive ketones (excluding diaryl/α,β-unsaturated/α-hetero) is 1. The summed E-state index contributed by atoms with van der Waals surface area (Å²) in [5.41, 5.74) is 0.144. The van der Waals surface area contributed by atoms with Crippen molar-refractivity contribution in [3.63, 3.8) is 0 Å². The lowest BCUT2D eigenvalue weighted by atomic mass is 10.1. The minimum absolute atomic E-state index is 0.101. The average molecular weight is 271 g/mol. The second-order valence-corrected chi connectivity index (χ2v) is 4.46. The van der Waals surface area contributed by atoms with Crippen LogP contribution >= 0.6 is 0 Å². The first-order chi connectivity index (χ1) is 9.10. The highest BCUT2D eigenvalue weighted by Crippen LogP contribution is 2.11. The number of ketones is 1. The molecule has 1 saturated heterocycles. The van der Waals surface area contributed by atoms with E-state index in [1.165, 1.54) is 6.07 Å². The molecule has 0 radical (unpaired) electrons. The average Bonchev–Trinajstić information content (AvgIpc) is 2.42. The summed E-state index contributed by atoms with van der Waals surface area (Å²) in [7, 11) is 0. The number of rotatable bonds is 4. The summed E-state index contributed by atoms with van der Waals surface area (Å²) in [6.07, 6.45) is -0.300. The Bertz CT molecular complexity index is 467. The summed E-state index contributed by atoms with van der Waals surface area (Å²) in [4.78, 5) is 13.8.